The average molecular weight is 236 g/mol. The fraction of sp³-hybridized carbons (Fsp3) is 0.417. The molecular weight excluding hydrogens is 220 g/mol. The molecule has 0 fully saturated rings. The van der Waals surface area contributed by atoms with Crippen LogP contribution in [0.4, 0.5) is 0 Å². The zero-order chi connectivity index (χ0) is 11.7. The van der Waals surface area contributed by atoms with Crippen molar-refractivity contribution in [3.8, 4) is 0 Å². The molecule has 0 saturated carbocycles. The minimum absolute atomic E-state index is 0.564. The Morgan fingerprint density at radius 1 is 1.44 bits per heavy atom. The molecule has 1 atom stereocenters. The third-order valence-electron chi connectivity index (χ3n) is 2.58. The maximum Gasteiger partial charge on any atom is 0.121 e. The van der Waals surface area contributed by atoms with Gasteiger partial charge in [-0.15, -0.1) is 11.3 Å². The first-order valence-corrected chi connectivity index (χ1v) is 6.27. The van der Waals surface area contributed by atoms with Crippen LogP contribution in [0, 0.1) is 13.8 Å². The van der Waals surface area contributed by atoms with Crippen molar-refractivity contribution in [3.63, 3.8) is 0 Å². The number of rotatable bonds is 3. The molecule has 86 valence electrons. The maximum atomic E-state index is 10.3. The second kappa shape index (κ2) is 4.39. The zero-order valence-electron chi connectivity index (χ0n) is 9.77. The number of aromatic nitrogens is 2. The van der Waals surface area contributed by atoms with E-state index in [0.717, 1.165) is 23.5 Å². The Kier molecular flexibility index (Phi) is 3.12. The molecule has 0 spiro atoms. The number of aryl methyl sites for hydroxylation is 3. The predicted octanol–water partition coefficient (Wildman–Crippen LogP) is 2.66. The molecular formula is C12H16N2OS. The van der Waals surface area contributed by atoms with Crippen LogP contribution in [-0.4, -0.2) is 14.9 Å². The summed E-state index contributed by atoms with van der Waals surface area (Å²) >= 11 is 1.66. The van der Waals surface area contributed by atoms with E-state index in [-0.39, 0.29) is 0 Å². The van der Waals surface area contributed by atoms with Crippen molar-refractivity contribution in [3.05, 3.63) is 39.3 Å². The van der Waals surface area contributed by atoms with Gasteiger partial charge in [0.2, 0.25) is 0 Å². The van der Waals surface area contributed by atoms with Crippen molar-refractivity contribution in [1.29, 1.82) is 0 Å². The summed E-state index contributed by atoms with van der Waals surface area (Å²) in [4.78, 5) is 1.22. The Morgan fingerprint density at radius 3 is 2.75 bits per heavy atom. The lowest BCUT2D eigenvalue weighted by Gasteiger charge is -2.10. The minimum Gasteiger partial charge on any atom is -0.382 e. The molecule has 2 heterocycles. The molecule has 4 heteroatoms. The van der Waals surface area contributed by atoms with E-state index < -0.39 is 6.10 Å². The highest BCUT2D eigenvalue weighted by Crippen LogP contribution is 2.26. The van der Waals surface area contributed by atoms with Gasteiger partial charge >= 0.3 is 0 Å². The molecule has 0 aliphatic heterocycles. The van der Waals surface area contributed by atoms with Gasteiger partial charge in [0.25, 0.3) is 0 Å². The van der Waals surface area contributed by atoms with Gasteiger partial charge in [0.1, 0.15) is 6.10 Å². The van der Waals surface area contributed by atoms with Crippen molar-refractivity contribution >= 4 is 11.3 Å². The summed E-state index contributed by atoms with van der Waals surface area (Å²) in [6, 6.07) is 3.97. The Balaban J connectivity index is 2.36. The Morgan fingerprint density at radius 2 is 2.19 bits per heavy atom. The van der Waals surface area contributed by atoms with E-state index in [1.54, 1.807) is 11.3 Å². The molecule has 2 aromatic heterocycles. The molecule has 0 saturated heterocycles. The van der Waals surface area contributed by atoms with Crippen LogP contribution in [0.3, 0.4) is 0 Å². The summed E-state index contributed by atoms with van der Waals surface area (Å²) in [5.74, 6) is 0. The van der Waals surface area contributed by atoms with Crippen LogP contribution in [0.25, 0.3) is 0 Å². The molecule has 0 radical (unpaired) electrons. The molecule has 0 aliphatic carbocycles. The number of aliphatic hydroxyl groups is 1. The van der Waals surface area contributed by atoms with E-state index in [2.05, 4.69) is 5.10 Å². The summed E-state index contributed by atoms with van der Waals surface area (Å²) in [5.41, 5.74) is 2.78. The SMILES string of the molecule is CCn1nc(C)cc1C(O)c1csc(C)c1. The van der Waals surface area contributed by atoms with Gasteiger partial charge in [-0.25, -0.2) is 0 Å². The third-order valence-corrected chi connectivity index (χ3v) is 3.46. The monoisotopic (exact) mass is 236 g/mol. The van der Waals surface area contributed by atoms with E-state index in [9.17, 15) is 5.11 Å². The maximum absolute atomic E-state index is 10.3. The van der Waals surface area contributed by atoms with Crippen LogP contribution >= 0.6 is 11.3 Å². The van der Waals surface area contributed by atoms with Gasteiger partial charge in [-0.05, 0) is 43.8 Å². The lowest BCUT2D eigenvalue weighted by atomic mass is 10.1. The normalized spacial score (nSPS) is 13.0. The first kappa shape index (κ1) is 11.4. The first-order valence-electron chi connectivity index (χ1n) is 5.39. The largest absolute Gasteiger partial charge is 0.382 e. The van der Waals surface area contributed by atoms with Crippen LogP contribution in [0.2, 0.25) is 0 Å². The van der Waals surface area contributed by atoms with Crippen molar-refractivity contribution in [1.82, 2.24) is 9.78 Å². The standard InChI is InChI=1S/C12H16N2OS/c1-4-14-11(5-8(2)13-14)12(15)10-6-9(3)16-7-10/h5-7,12,15H,4H2,1-3H3. The number of thiophene rings is 1. The molecule has 16 heavy (non-hydrogen) atoms. The fourth-order valence-corrected chi connectivity index (χ4v) is 2.54. The number of aliphatic hydroxyl groups excluding tert-OH is 1. The Labute approximate surface area is 99.4 Å². The van der Waals surface area contributed by atoms with E-state index in [1.807, 2.05) is 43.0 Å². The van der Waals surface area contributed by atoms with Crippen molar-refractivity contribution in [2.45, 2.75) is 33.4 Å². The highest BCUT2D eigenvalue weighted by Gasteiger charge is 2.16. The predicted molar refractivity (Wildman–Crippen MR) is 65.8 cm³/mol. The third kappa shape index (κ3) is 2.03. The molecule has 1 unspecified atom stereocenters. The van der Waals surface area contributed by atoms with Crippen molar-refractivity contribution in [2.75, 3.05) is 0 Å². The summed E-state index contributed by atoms with van der Waals surface area (Å²) in [6.07, 6.45) is -0.564. The minimum atomic E-state index is -0.564. The fourth-order valence-electron chi connectivity index (χ4n) is 1.82. The van der Waals surface area contributed by atoms with Gasteiger partial charge in [-0.3, -0.25) is 4.68 Å². The summed E-state index contributed by atoms with van der Waals surface area (Å²) < 4.78 is 1.85. The highest BCUT2D eigenvalue weighted by molar-refractivity contribution is 7.10. The molecule has 2 aromatic rings. The molecule has 0 aliphatic rings. The van der Waals surface area contributed by atoms with Crippen LogP contribution in [-0.2, 0) is 6.54 Å². The highest BCUT2D eigenvalue weighted by atomic mass is 32.1. The van der Waals surface area contributed by atoms with E-state index in [0.29, 0.717) is 0 Å². The summed E-state index contributed by atoms with van der Waals surface area (Å²) in [6.45, 7) is 6.80. The summed E-state index contributed by atoms with van der Waals surface area (Å²) in [5, 5.41) is 16.6. The molecule has 1 N–H and O–H groups in total. The van der Waals surface area contributed by atoms with Crippen LogP contribution < -0.4 is 0 Å². The smallest absolute Gasteiger partial charge is 0.121 e. The lowest BCUT2D eigenvalue weighted by Crippen LogP contribution is -2.08. The van der Waals surface area contributed by atoms with Crippen LogP contribution in [0.5, 0.6) is 0 Å². The van der Waals surface area contributed by atoms with Gasteiger partial charge in [0.05, 0.1) is 11.4 Å². The van der Waals surface area contributed by atoms with Crippen LogP contribution in [0.1, 0.15) is 34.9 Å². The summed E-state index contributed by atoms with van der Waals surface area (Å²) in [7, 11) is 0. The molecule has 0 aromatic carbocycles. The molecule has 0 bridgehead atoms. The number of nitrogens with zero attached hydrogens (tertiary/aromatic N) is 2. The van der Waals surface area contributed by atoms with Crippen LogP contribution in [0.15, 0.2) is 17.5 Å². The van der Waals surface area contributed by atoms with E-state index >= 15 is 0 Å². The second-order valence-electron chi connectivity index (χ2n) is 3.92. The lowest BCUT2D eigenvalue weighted by molar-refractivity contribution is 0.208. The van der Waals surface area contributed by atoms with Gasteiger partial charge in [-0.2, -0.15) is 5.10 Å². The van der Waals surface area contributed by atoms with Crippen molar-refractivity contribution in [2.24, 2.45) is 0 Å². The molecule has 2 rings (SSSR count). The van der Waals surface area contributed by atoms with E-state index in [4.69, 9.17) is 0 Å². The van der Waals surface area contributed by atoms with Gasteiger partial charge in [-0.1, -0.05) is 0 Å². The Bertz CT molecular complexity index is 487. The van der Waals surface area contributed by atoms with E-state index in [1.165, 1.54) is 4.88 Å². The first-order chi connectivity index (χ1) is 7.61. The Hall–Kier alpha value is -1.13. The zero-order valence-corrected chi connectivity index (χ0v) is 10.6. The van der Waals surface area contributed by atoms with Crippen molar-refractivity contribution < 1.29 is 5.11 Å². The topological polar surface area (TPSA) is 38.0 Å². The molecule has 0 amide bonds. The van der Waals surface area contributed by atoms with Gasteiger partial charge in [0.15, 0.2) is 0 Å². The quantitative estimate of drug-likeness (QED) is 0.889. The number of hydrogen-bond donors (Lipinski definition) is 1. The van der Waals surface area contributed by atoms with Gasteiger partial charge < -0.3 is 5.11 Å². The number of hydrogen-bond acceptors (Lipinski definition) is 3. The average Bonchev–Trinajstić information content (AvgIpc) is 2.83. The second-order valence-corrected chi connectivity index (χ2v) is 5.03. The van der Waals surface area contributed by atoms with Gasteiger partial charge in [0, 0.05) is 11.4 Å². The molecule has 3 nitrogen and oxygen atoms in total.